The molecule has 2 heterocycles. The van der Waals surface area contributed by atoms with E-state index in [1.54, 1.807) is 25.3 Å². The highest BCUT2D eigenvalue weighted by molar-refractivity contribution is 5.97. The molecule has 5 heteroatoms. The highest BCUT2D eigenvalue weighted by atomic mass is 19.1. The van der Waals surface area contributed by atoms with Crippen molar-refractivity contribution in [3.8, 4) is 0 Å². The Kier molecular flexibility index (Phi) is 2.84. The molecule has 0 spiro atoms. The lowest BCUT2D eigenvalue weighted by Gasteiger charge is -2.17. The number of aryl methyl sites for hydroxylation is 1. The molecule has 0 radical (unpaired) electrons. The van der Waals surface area contributed by atoms with Gasteiger partial charge in [-0.15, -0.1) is 0 Å². The summed E-state index contributed by atoms with van der Waals surface area (Å²) in [5.74, 6) is -0.534. The van der Waals surface area contributed by atoms with Crippen molar-refractivity contribution in [2.45, 2.75) is 27.7 Å². The lowest BCUT2D eigenvalue weighted by Crippen LogP contribution is -2.27. The van der Waals surface area contributed by atoms with Crippen LogP contribution in [-0.2, 0) is 4.79 Å². The molecule has 1 N–H and O–H groups in total. The van der Waals surface area contributed by atoms with Gasteiger partial charge in [-0.25, -0.2) is 4.98 Å². The average Bonchev–Trinajstić information content (AvgIpc) is 2.56. The summed E-state index contributed by atoms with van der Waals surface area (Å²) in [5, 5.41) is 2.78. The number of aromatic nitrogens is 2. The van der Waals surface area contributed by atoms with Gasteiger partial charge in [-0.2, -0.15) is 4.39 Å². The molecule has 0 aliphatic rings. The van der Waals surface area contributed by atoms with E-state index in [0.717, 1.165) is 0 Å². The SMILES string of the molecule is Cc1nc2c(NC(=O)C(C)(C)C)cccn2c1F. The van der Waals surface area contributed by atoms with E-state index in [1.807, 2.05) is 20.8 Å². The number of anilines is 1. The molecule has 4 nitrogen and oxygen atoms in total. The maximum absolute atomic E-state index is 13.7. The molecule has 0 bridgehead atoms. The van der Waals surface area contributed by atoms with Gasteiger partial charge in [-0.3, -0.25) is 9.20 Å². The number of pyridine rings is 1. The number of halogens is 1. The summed E-state index contributed by atoms with van der Waals surface area (Å²) in [5.41, 5.74) is 0.745. The van der Waals surface area contributed by atoms with Crippen LogP contribution in [0.15, 0.2) is 18.3 Å². The number of hydrogen-bond donors (Lipinski definition) is 1. The van der Waals surface area contributed by atoms with Gasteiger partial charge in [0.1, 0.15) is 0 Å². The van der Waals surface area contributed by atoms with Crippen molar-refractivity contribution >= 4 is 17.2 Å². The lowest BCUT2D eigenvalue weighted by molar-refractivity contribution is -0.123. The van der Waals surface area contributed by atoms with Gasteiger partial charge in [-0.05, 0) is 19.1 Å². The molecule has 0 aliphatic heterocycles. The Morgan fingerprint density at radius 2 is 2.11 bits per heavy atom. The quantitative estimate of drug-likeness (QED) is 0.844. The van der Waals surface area contributed by atoms with Crippen LogP contribution in [0.1, 0.15) is 26.5 Å². The second-order valence-corrected chi connectivity index (χ2v) is 5.31. The van der Waals surface area contributed by atoms with Gasteiger partial charge in [0.2, 0.25) is 11.9 Å². The Labute approximate surface area is 105 Å². The summed E-state index contributed by atoms with van der Waals surface area (Å²) in [7, 11) is 0. The number of nitrogens with one attached hydrogen (secondary N) is 1. The minimum absolute atomic E-state index is 0.128. The van der Waals surface area contributed by atoms with E-state index in [4.69, 9.17) is 0 Å². The van der Waals surface area contributed by atoms with Gasteiger partial charge < -0.3 is 5.32 Å². The first kappa shape index (κ1) is 12.5. The molecule has 96 valence electrons. The Hall–Kier alpha value is -1.91. The maximum atomic E-state index is 13.7. The number of fused-ring (bicyclic) bond motifs is 1. The normalized spacial score (nSPS) is 11.8. The minimum atomic E-state index is -0.507. The van der Waals surface area contributed by atoms with E-state index in [2.05, 4.69) is 10.3 Å². The number of amides is 1. The van der Waals surface area contributed by atoms with Crippen molar-refractivity contribution in [1.82, 2.24) is 9.38 Å². The molecule has 18 heavy (non-hydrogen) atoms. The van der Waals surface area contributed by atoms with E-state index >= 15 is 0 Å². The zero-order valence-electron chi connectivity index (χ0n) is 10.9. The topological polar surface area (TPSA) is 46.4 Å². The average molecular weight is 249 g/mol. The van der Waals surface area contributed by atoms with Gasteiger partial charge in [0.05, 0.1) is 11.4 Å². The first-order valence-electron chi connectivity index (χ1n) is 5.75. The molecule has 0 aromatic carbocycles. The van der Waals surface area contributed by atoms with Gasteiger partial charge in [0.15, 0.2) is 5.65 Å². The number of nitrogens with zero attached hydrogens (tertiary/aromatic N) is 2. The fourth-order valence-electron chi connectivity index (χ4n) is 1.56. The Balaban J connectivity index is 2.46. The molecule has 0 aliphatic carbocycles. The predicted molar refractivity (Wildman–Crippen MR) is 68.0 cm³/mol. The van der Waals surface area contributed by atoms with Crippen LogP contribution >= 0.6 is 0 Å². The third kappa shape index (κ3) is 2.08. The predicted octanol–water partition coefficient (Wildman–Crippen LogP) is 2.77. The van der Waals surface area contributed by atoms with Crippen molar-refractivity contribution in [1.29, 1.82) is 0 Å². The van der Waals surface area contributed by atoms with Gasteiger partial charge in [0.25, 0.3) is 0 Å². The number of carbonyl (C=O) groups is 1. The van der Waals surface area contributed by atoms with Crippen LogP contribution in [0.5, 0.6) is 0 Å². The standard InChI is InChI=1S/C13H16FN3O/c1-8-10(14)17-7-5-6-9(11(17)15-8)16-12(18)13(2,3)4/h5-7H,1-4H3,(H,16,18). The van der Waals surface area contributed by atoms with Crippen molar-refractivity contribution in [2.24, 2.45) is 5.41 Å². The number of hydrogen-bond acceptors (Lipinski definition) is 2. The van der Waals surface area contributed by atoms with Gasteiger partial charge in [0, 0.05) is 11.6 Å². The Bertz CT molecular complexity index is 610. The van der Waals surface area contributed by atoms with E-state index in [1.165, 1.54) is 4.40 Å². The van der Waals surface area contributed by atoms with Crippen molar-refractivity contribution in [2.75, 3.05) is 5.32 Å². The van der Waals surface area contributed by atoms with E-state index in [9.17, 15) is 9.18 Å². The highest BCUT2D eigenvalue weighted by Crippen LogP contribution is 2.22. The summed E-state index contributed by atoms with van der Waals surface area (Å²) >= 11 is 0. The van der Waals surface area contributed by atoms with Crippen molar-refractivity contribution < 1.29 is 9.18 Å². The van der Waals surface area contributed by atoms with Crippen LogP contribution in [0.2, 0.25) is 0 Å². The van der Waals surface area contributed by atoms with Crippen LogP contribution in [0.3, 0.4) is 0 Å². The second-order valence-electron chi connectivity index (χ2n) is 5.31. The van der Waals surface area contributed by atoms with Gasteiger partial charge in [-0.1, -0.05) is 20.8 Å². The second kappa shape index (κ2) is 4.08. The molecule has 2 rings (SSSR count). The number of carbonyl (C=O) groups excluding carboxylic acids is 1. The zero-order valence-corrected chi connectivity index (χ0v) is 10.9. The first-order valence-corrected chi connectivity index (χ1v) is 5.75. The van der Waals surface area contributed by atoms with E-state index in [-0.39, 0.29) is 5.91 Å². The van der Waals surface area contributed by atoms with E-state index < -0.39 is 11.4 Å². The van der Waals surface area contributed by atoms with Crippen molar-refractivity contribution in [3.05, 3.63) is 30.0 Å². The summed E-state index contributed by atoms with van der Waals surface area (Å²) in [6.07, 6.45) is 1.58. The van der Waals surface area contributed by atoms with Crippen LogP contribution in [-0.4, -0.2) is 15.3 Å². The Morgan fingerprint density at radius 3 is 2.72 bits per heavy atom. The fraction of sp³-hybridized carbons (Fsp3) is 0.385. The van der Waals surface area contributed by atoms with Crippen LogP contribution in [0.4, 0.5) is 10.1 Å². The highest BCUT2D eigenvalue weighted by Gasteiger charge is 2.22. The third-order valence-corrected chi connectivity index (χ3v) is 2.68. The molecule has 0 saturated heterocycles. The molecule has 2 aromatic heterocycles. The molecular formula is C13H16FN3O. The maximum Gasteiger partial charge on any atom is 0.229 e. The van der Waals surface area contributed by atoms with Crippen LogP contribution in [0, 0.1) is 18.3 Å². The largest absolute Gasteiger partial charge is 0.322 e. The lowest BCUT2D eigenvalue weighted by atomic mass is 9.95. The minimum Gasteiger partial charge on any atom is -0.322 e. The Morgan fingerprint density at radius 1 is 1.44 bits per heavy atom. The fourth-order valence-corrected chi connectivity index (χ4v) is 1.56. The molecular weight excluding hydrogens is 233 g/mol. The van der Waals surface area contributed by atoms with E-state index in [0.29, 0.717) is 17.0 Å². The number of rotatable bonds is 1. The molecule has 0 unspecified atom stereocenters. The first-order chi connectivity index (χ1) is 8.30. The van der Waals surface area contributed by atoms with Crippen LogP contribution < -0.4 is 5.32 Å². The molecule has 0 atom stereocenters. The molecule has 0 fully saturated rings. The molecule has 2 aromatic rings. The monoisotopic (exact) mass is 249 g/mol. The summed E-state index contributed by atoms with van der Waals surface area (Å²) in [6.45, 7) is 7.05. The zero-order chi connectivity index (χ0) is 13.5. The van der Waals surface area contributed by atoms with Gasteiger partial charge >= 0.3 is 0 Å². The number of imidazole rings is 1. The molecule has 0 saturated carbocycles. The van der Waals surface area contributed by atoms with Crippen LogP contribution in [0.25, 0.3) is 5.65 Å². The summed E-state index contributed by atoms with van der Waals surface area (Å²) in [6, 6.07) is 3.39. The smallest absolute Gasteiger partial charge is 0.229 e. The third-order valence-electron chi connectivity index (χ3n) is 2.68. The summed E-state index contributed by atoms with van der Waals surface area (Å²) < 4.78 is 15.0. The molecule has 1 amide bonds. The van der Waals surface area contributed by atoms with Crippen molar-refractivity contribution in [3.63, 3.8) is 0 Å². The summed E-state index contributed by atoms with van der Waals surface area (Å²) in [4.78, 5) is 16.0.